The number of benzene rings is 2. The fourth-order valence-electron chi connectivity index (χ4n) is 6.36. The summed E-state index contributed by atoms with van der Waals surface area (Å²) in [7, 11) is 0. The predicted molar refractivity (Wildman–Crippen MR) is 177 cm³/mol. The minimum atomic E-state index is -0.816. The van der Waals surface area contributed by atoms with Crippen molar-refractivity contribution in [1.29, 1.82) is 0 Å². The van der Waals surface area contributed by atoms with Crippen molar-refractivity contribution in [3.63, 3.8) is 0 Å². The van der Waals surface area contributed by atoms with E-state index in [0.717, 1.165) is 67.3 Å². The molecule has 2 aliphatic rings. The third kappa shape index (κ3) is 7.20. The van der Waals surface area contributed by atoms with Crippen LogP contribution in [0, 0.1) is 18.8 Å². The Morgan fingerprint density at radius 1 is 0.935 bits per heavy atom. The third-order valence-corrected chi connectivity index (χ3v) is 9.43. The Morgan fingerprint density at radius 3 is 2.35 bits per heavy atom. The van der Waals surface area contributed by atoms with Gasteiger partial charge in [0, 0.05) is 35.3 Å². The Hall–Kier alpha value is -4.77. The van der Waals surface area contributed by atoms with Crippen molar-refractivity contribution < 1.29 is 14.4 Å². The van der Waals surface area contributed by atoms with Crippen molar-refractivity contribution in [2.75, 3.05) is 11.9 Å². The fraction of sp³-hybridized carbons (Fsp3) is 0.400. The van der Waals surface area contributed by atoms with Crippen molar-refractivity contribution in [3.05, 3.63) is 82.0 Å². The molecule has 2 aromatic heterocycles. The van der Waals surface area contributed by atoms with E-state index in [9.17, 15) is 19.2 Å². The van der Waals surface area contributed by atoms with E-state index >= 15 is 0 Å². The first-order valence-electron chi connectivity index (χ1n) is 16.2. The van der Waals surface area contributed by atoms with E-state index in [1.54, 1.807) is 24.3 Å². The van der Waals surface area contributed by atoms with Gasteiger partial charge in [-0.3, -0.25) is 14.4 Å². The number of rotatable bonds is 10. The van der Waals surface area contributed by atoms with Gasteiger partial charge < -0.3 is 31.7 Å². The number of nitrogens with zero attached hydrogens (tertiary/aromatic N) is 1. The lowest BCUT2D eigenvalue weighted by Crippen LogP contribution is -2.48. The average molecular weight is 624 g/mol. The van der Waals surface area contributed by atoms with Crippen LogP contribution in [0.5, 0.6) is 0 Å². The third-order valence-electron chi connectivity index (χ3n) is 9.43. The molecule has 46 heavy (non-hydrogen) atoms. The number of aromatic nitrogens is 3. The van der Waals surface area contributed by atoms with Gasteiger partial charge in [0.25, 0.3) is 5.91 Å². The first-order chi connectivity index (χ1) is 22.2. The zero-order chi connectivity index (χ0) is 32.2. The van der Waals surface area contributed by atoms with Crippen molar-refractivity contribution in [2.24, 2.45) is 17.6 Å². The minimum Gasteiger partial charge on any atom is -0.348 e. The van der Waals surface area contributed by atoms with E-state index in [-0.39, 0.29) is 41.8 Å². The molecule has 0 unspecified atom stereocenters. The molecule has 240 valence electrons. The molecule has 0 bridgehead atoms. The number of carbonyl (C=O) groups is 3. The van der Waals surface area contributed by atoms with Gasteiger partial charge in [-0.2, -0.15) is 0 Å². The molecule has 2 aromatic carbocycles. The van der Waals surface area contributed by atoms with Crippen molar-refractivity contribution in [3.8, 4) is 11.1 Å². The molecule has 2 heterocycles. The van der Waals surface area contributed by atoms with Gasteiger partial charge in [-0.25, -0.2) is 9.78 Å². The highest BCUT2D eigenvalue weighted by Crippen LogP contribution is 2.29. The number of amides is 3. The molecule has 2 saturated carbocycles. The Labute approximate surface area is 267 Å². The Kier molecular flexibility index (Phi) is 9.30. The molecule has 11 heteroatoms. The molecule has 7 N–H and O–H groups in total. The number of H-pyrrole nitrogens is 2. The maximum absolute atomic E-state index is 13.6. The number of hydrogen-bond acceptors (Lipinski definition) is 6. The van der Waals surface area contributed by atoms with Gasteiger partial charge in [0.1, 0.15) is 11.7 Å². The molecule has 2 aliphatic carbocycles. The molecule has 4 aromatic rings. The van der Waals surface area contributed by atoms with E-state index in [4.69, 9.17) is 5.73 Å². The van der Waals surface area contributed by atoms with Gasteiger partial charge >= 0.3 is 5.69 Å². The van der Waals surface area contributed by atoms with Crippen molar-refractivity contribution in [2.45, 2.75) is 70.4 Å². The van der Waals surface area contributed by atoms with Crippen LogP contribution in [0.1, 0.15) is 66.7 Å². The van der Waals surface area contributed by atoms with Crippen molar-refractivity contribution >= 4 is 34.4 Å². The van der Waals surface area contributed by atoms with Crippen LogP contribution >= 0.6 is 0 Å². The molecule has 0 radical (unpaired) electrons. The molecule has 0 aliphatic heterocycles. The summed E-state index contributed by atoms with van der Waals surface area (Å²) in [6.45, 7) is 2.52. The molecule has 2 fully saturated rings. The lowest BCUT2D eigenvalue weighted by atomic mass is 9.81. The van der Waals surface area contributed by atoms with Gasteiger partial charge in [-0.1, -0.05) is 30.3 Å². The monoisotopic (exact) mass is 623 g/mol. The van der Waals surface area contributed by atoms with Gasteiger partial charge in [0.05, 0.1) is 11.0 Å². The van der Waals surface area contributed by atoms with E-state index in [1.165, 1.54) is 0 Å². The summed E-state index contributed by atoms with van der Waals surface area (Å²) >= 11 is 0. The fourth-order valence-corrected chi connectivity index (χ4v) is 6.36. The van der Waals surface area contributed by atoms with Gasteiger partial charge in [0.2, 0.25) is 11.8 Å². The first-order valence-corrected chi connectivity index (χ1v) is 16.2. The summed E-state index contributed by atoms with van der Waals surface area (Å²) in [6, 6.07) is 16.0. The summed E-state index contributed by atoms with van der Waals surface area (Å²) in [4.78, 5) is 61.2. The second-order valence-electron chi connectivity index (χ2n) is 12.7. The zero-order valence-corrected chi connectivity index (χ0v) is 26.0. The molecular weight excluding hydrogens is 582 g/mol. The quantitative estimate of drug-likeness (QED) is 0.156. The summed E-state index contributed by atoms with van der Waals surface area (Å²) in [6.07, 6.45) is 6.78. The number of anilines is 1. The molecule has 0 spiro atoms. The van der Waals surface area contributed by atoms with Crippen LogP contribution in [-0.2, 0) is 16.0 Å². The molecule has 11 nitrogen and oxygen atoms in total. The highest BCUT2D eigenvalue weighted by Gasteiger charge is 2.29. The standard InChI is InChI=1S/C35H41N7O4/c1-20-27(14-16-29(37-20)33(44)38-25-3-2-4-25)23-9-5-21(6-10-23)17-31(40-32(43)24-11-7-22(19-36)8-12-24)34(45)39-26-13-15-28-30(18-26)42-35(46)41-28/h5-6,9-10,13-16,18,22,24-25,31H,2-4,7-8,11-12,17,19,36H2,1H3,(H,38,44)(H,39,45)(H,40,43)(H2,41,42,46)/t22-,24-,31-/m0/s1. The number of carbonyl (C=O) groups excluding carboxylic acids is 3. The van der Waals surface area contributed by atoms with Crippen molar-refractivity contribution in [1.82, 2.24) is 25.6 Å². The summed E-state index contributed by atoms with van der Waals surface area (Å²) in [5, 5.41) is 8.98. The van der Waals surface area contributed by atoms with Crippen LogP contribution in [0.3, 0.4) is 0 Å². The molecule has 0 saturated heterocycles. The van der Waals surface area contributed by atoms with Crippen LogP contribution in [0.25, 0.3) is 22.2 Å². The molecular formula is C35H41N7O4. The number of nitrogens with two attached hydrogens (primary N) is 1. The van der Waals surface area contributed by atoms with Gasteiger partial charge in [-0.15, -0.1) is 0 Å². The van der Waals surface area contributed by atoms with Gasteiger partial charge in [-0.05, 0) is 99.7 Å². The van der Waals surface area contributed by atoms with Crippen LogP contribution < -0.4 is 27.4 Å². The molecule has 6 rings (SSSR count). The Balaban J connectivity index is 1.17. The number of hydrogen-bond donors (Lipinski definition) is 6. The van der Waals surface area contributed by atoms with Crippen LogP contribution in [-0.4, -0.2) is 51.3 Å². The maximum atomic E-state index is 13.6. The Bertz CT molecular complexity index is 1780. The maximum Gasteiger partial charge on any atom is 0.323 e. The Morgan fingerprint density at radius 2 is 1.67 bits per heavy atom. The van der Waals surface area contributed by atoms with E-state index < -0.39 is 6.04 Å². The van der Waals surface area contributed by atoms with Gasteiger partial charge in [0.15, 0.2) is 0 Å². The molecule has 3 amide bonds. The zero-order valence-electron chi connectivity index (χ0n) is 26.0. The second kappa shape index (κ2) is 13.7. The van der Waals surface area contributed by atoms with E-state index in [2.05, 4.69) is 30.9 Å². The van der Waals surface area contributed by atoms with E-state index in [0.29, 0.717) is 34.9 Å². The number of pyridine rings is 1. The summed E-state index contributed by atoms with van der Waals surface area (Å²) < 4.78 is 0. The van der Waals surface area contributed by atoms with Crippen LogP contribution in [0.15, 0.2) is 59.4 Å². The lowest BCUT2D eigenvalue weighted by Gasteiger charge is -2.28. The second-order valence-corrected chi connectivity index (χ2v) is 12.7. The number of fused-ring (bicyclic) bond motifs is 1. The number of aromatic amines is 2. The lowest BCUT2D eigenvalue weighted by molar-refractivity contribution is -0.130. The SMILES string of the molecule is Cc1nc(C(=O)NC2CCC2)ccc1-c1ccc(C[C@H](NC(=O)[C@H]2CC[C@H](CN)CC2)C(=O)Nc2ccc3[nH]c(=O)[nH]c3c2)cc1. The van der Waals surface area contributed by atoms with Crippen LogP contribution in [0.2, 0.25) is 0 Å². The number of imidazole rings is 1. The van der Waals surface area contributed by atoms with Crippen LogP contribution in [0.4, 0.5) is 5.69 Å². The average Bonchev–Trinajstić information content (AvgIpc) is 3.42. The summed E-state index contributed by atoms with van der Waals surface area (Å²) in [5.41, 5.74) is 11.1. The first kappa shape index (κ1) is 31.2. The number of nitrogens with one attached hydrogen (secondary N) is 5. The largest absolute Gasteiger partial charge is 0.348 e. The molecule has 1 atom stereocenters. The number of aryl methyl sites for hydroxylation is 1. The predicted octanol–water partition coefficient (Wildman–Crippen LogP) is 3.94. The normalized spacial score (nSPS) is 18.8. The smallest absolute Gasteiger partial charge is 0.323 e. The minimum absolute atomic E-state index is 0.124. The summed E-state index contributed by atoms with van der Waals surface area (Å²) in [5.74, 6) is -0.330. The highest BCUT2D eigenvalue weighted by atomic mass is 16.2. The van der Waals surface area contributed by atoms with E-state index in [1.807, 2.05) is 37.3 Å². The topological polar surface area (TPSA) is 175 Å². The highest BCUT2D eigenvalue weighted by molar-refractivity contribution is 5.99.